The molecule has 20 heavy (non-hydrogen) atoms. The first-order valence-corrected chi connectivity index (χ1v) is 9.62. The molecule has 0 rings (SSSR count). The van der Waals surface area contributed by atoms with Gasteiger partial charge in [-0.15, -0.1) is 0 Å². The lowest BCUT2D eigenvalue weighted by atomic mass is 10.0. The van der Waals surface area contributed by atoms with E-state index in [-0.39, 0.29) is 12.1 Å². The molecule has 0 saturated carbocycles. The van der Waals surface area contributed by atoms with Crippen LogP contribution in [0.5, 0.6) is 0 Å². The zero-order chi connectivity index (χ0) is 15.1. The molecular weight excluding hydrogens is 316 g/mol. The number of esters is 1. The highest BCUT2D eigenvalue weighted by Crippen LogP contribution is 2.14. The van der Waals surface area contributed by atoms with Crippen LogP contribution in [0.25, 0.3) is 0 Å². The largest absolute Gasteiger partial charge is 0.462 e. The number of alkyl halides is 1. The van der Waals surface area contributed by atoms with Gasteiger partial charge >= 0.3 is 5.97 Å². The van der Waals surface area contributed by atoms with E-state index in [4.69, 9.17) is 4.74 Å². The molecule has 0 radical (unpaired) electrons. The third kappa shape index (κ3) is 13.0. The second kappa shape index (κ2) is 15.3. The minimum Gasteiger partial charge on any atom is -0.462 e. The van der Waals surface area contributed by atoms with Gasteiger partial charge < -0.3 is 4.74 Å². The van der Waals surface area contributed by atoms with Crippen LogP contribution in [-0.4, -0.2) is 17.4 Å². The van der Waals surface area contributed by atoms with E-state index in [0.717, 1.165) is 12.8 Å². The van der Waals surface area contributed by atoms with Crippen molar-refractivity contribution in [2.24, 2.45) is 0 Å². The van der Waals surface area contributed by atoms with Gasteiger partial charge in [0.15, 0.2) is 0 Å². The fraction of sp³-hybridized carbons (Fsp3) is 0.941. The average molecular weight is 349 g/mol. The first-order chi connectivity index (χ1) is 9.74. The molecule has 0 aromatic rings. The summed E-state index contributed by atoms with van der Waals surface area (Å²) in [6.07, 6.45) is 15.6. The summed E-state index contributed by atoms with van der Waals surface area (Å²) in [5.41, 5.74) is 0. The van der Waals surface area contributed by atoms with Crippen molar-refractivity contribution in [2.75, 3.05) is 5.33 Å². The smallest absolute Gasteiger partial charge is 0.316 e. The Morgan fingerprint density at radius 3 is 1.85 bits per heavy atom. The van der Waals surface area contributed by atoms with E-state index in [0.29, 0.717) is 5.33 Å². The summed E-state index contributed by atoms with van der Waals surface area (Å²) < 4.78 is 5.35. The maximum atomic E-state index is 11.2. The SMILES string of the molecule is CCCCCCCCCCCCC(CC)OC(=O)CBr. The van der Waals surface area contributed by atoms with Crippen LogP contribution in [0, 0.1) is 0 Å². The van der Waals surface area contributed by atoms with Crippen molar-refractivity contribution in [3.63, 3.8) is 0 Å². The van der Waals surface area contributed by atoms with Crippen LogP contribution < -0.4 is 0 Å². The maximum absolute atomic E-state index is 11.2. The highest BCUT2D eigenvalue weighted by Gasteiger charge is 2.10. The molecular formula is C17H33BrO2. The summed E-state index contributed by atoms with van der Waals surface area (Å²) in [7, 11) is 0. The van der Waals surface area contributed by atoms with Crippen LogP contribution in [0.3, 0.4) is 0 Å². The Morgan fingerprint density at radius 2 is 1.40 bits per heavy atom. The van der Waals surface area contributed by atoms with E-state index < -0.39 is 0 Å². The minimum absolute atomic E-state index is 0.120. The van der Waals surface area contributed by atoms with Crippen molar-refractivity contribution in [1.82, 2.24) is 0 Å². The Labute approximate surface area is 134 Å². The standard InChI is InChI=1S/C17H33BrO2/c1-3-5-6-7-8-9-10-11-12-13-14-16(4-2)20-17(19)15-18/h16H,3-15H2,1-2H3. The average Bonchev–Trinajstić information content (AvgIpc) is 2.47. The van der Waals surface area contributed by atoms with Gasteiger partial charge in [0, 0.05) is 0 Å². The monoisotopic (exact) mass is 348 g/mol. The van der Waals surface area contributed by atoms with Crippen molar-refractivity contribution in [3.05, 3.63) is 0 Å². The fourth-order valence-corrected chi connectivity index (χ4v) is 2.56. The number of carbonyl (C=O) groups is 1. The van der Waals surface area contributed by atoms with Gasteiger partial charge in [-0.2, -0.15) is 0 Å². The fourth-order valence-electron chi connectivity index (χ4n) is 2.42. The highest BCUT2D eigenvalue weighted by molar-refractivity contribution is 9.09. The summed E-state index contributed by atoms with van der Waals surface area (Å²) in [6.45, 7) is 4.35. The number of rotatable bonds is 14. The van der Waals surface area contributed by atoms with Gasteiger partial charge in [-0.3, -0.25) is 4.79 Å². The molecule has 0 fully saturated rings. The third-order valence-corrected chi connectivity index (χ3v) is 4.20. The number of carbonyl (C=O) groups excluding carboxylic acids is 1. The van der Waals surface area contributed by atoms with Crippen molar-refractivity contribution >= 4 is 21.9 Å². The molecule has 0 heterocycles. The van der Waals surface area contributed by atoms with Crippen LogP contribution in [0.4, 0.5) is 0 Å². The summed E-state index contributed by atoms with van der Waals surface area (Å²) in [4.78, 5) is 11.2. The van der Waals surface area contributed by atoms with E-state index in [2.05, 4.69) is 29.8 Å². The molecule has 0 saturated heterocycles. The Morgan fingerprint density at radius 1 is 0.900 bits per heavy atom. The highest BCUT2D eigenvalue weighted by atomic mass is 79.9. The van der Waals surface area contributed by atoms with Crippen molar-refractivity contribution in [3.8, 4) is 0 Å². The second-order valence-corrected chi connectivity index (χ2v) is 6.19. The summed E-state index contributed by atoms with van der Waals surface area (Å²) in [5.74, 6) is -0.135. The van der Waals surface area contributed by atoms with Crippen LogP contribution in [-0.2, 0) is 9.53 Å². The first kappa shape index (κ1) is 19.9. The molecule has 0 aliphatic heterocycles. The molecule has 0 amide bonds. The quantitative estimate of drug-likeness (QED) is 0.218. The number of halogens is 1. The summed E-state index contributed by atoms with van der Waals surface area (Å²) >= 11 is 3.13. The molecule has 1 unspecified atom stereocenters. The van der Waals surface area contributed by atoms with Gasteiger partial charge in [0.2, 0.25) is 0 Å². The summed E-state index contributed by atoms with van der Waals surface area (Å²) in [6, 6.07) is 0. The molecule has 0 N–H and O–H groups in total. The number of unbranched alkanes of at least 4 members (excludes halogenated alkanes) is 9. The molecule has 2 nitrogen and oxygen atoms in total. The molecule has 0 aromatic carbocycles. The molecule has 0 aromatic heterocycles. The van der Waals surface area contributed by atoms with Gasteiger partial charge in [-0.1, -0.05) is 87.6 Å². The van der Waals surface area contributed by atoms with Gasteiger partial charge in [0.25, 0.3) is 0 Å². The minimum atomic E-state index is -0.135. The zero-order valence-electron chi connectivity index (χ0n) is 13.5. The van der Waals surface area contributed by atoms with Crippen LogP contribution in [0.1, 0.15) is 90.9 Å². The molecule has 120 valence electrons. The van der Waals surface area contributed by atoms with Crippen LogP contribution in [0.15, 0.2) is 0 Å². The number of hydrogen-bond donors (Lipinski definition) is 0. The van der Waals surface area contributed by atoms with Gasteiger partial charge in [0.05, 0.1) is 0 Å². The first-order valence-electron chi connectivity index (χ1n) is 8.50. The Balaban J connectivity index is 3.31. The van der Waals surface area contributed by atoms with E-state index in [1.165, 1.54) is 64.2 Å². The molecule has 0 bridgehead atoms. The van der Waals surface area contributed by atoms with E-state index >= 15 is 0 Å². The number of ether oxygens (including phenoxy) is 1. The van der Waals surface area contributed by atoms with Gasteiger partial charge in [-0.05, 0) is 19.3 Å². The molecule has 3 heteroatoms. The van der Waals surface area contributed by atoms with Crippen molar-refractivity contribution in [1.29, 1.82) is 0 Å². The topological polar surface area (TPSA) is 26.3 Å². The van der Waals surface area contributed by atoms with Crippen LogP contribution in [0.2, 0.25) is 0 Å². The van der Waals surface area contributed by atoms with Gasteiger partial charge in [0.1, 0.15) is 11.4 Å². The summed E-state index contributed by atoms with van der Waals surface area (Å²) in [5, 5.41) is 0.307. The zero-order valence-corrected chi connectivity index (χ0v) is 15.1. The van der Waals surface area contributed by atoms with E-state index in [1.807, 2.05) is 0 Å². The molecule has 1 atom stereocenters. The Kier molecular flexibility index (Phi) is 15.3. The lowest BCUT2D eigenvalue weighted by molar-refractivity contribution is -0.146. The third-order valence-electron chi connectivity index (χ3n) is 3.74. The van der Waals surface area contributed by atoms with E-state index in [1.54, 1.807) is 0 Å². The predicted octanol–water partition coefficient (Wildman–Crippen LogP) is 6.01. The van der Waals surface area contributed by atoms with Gasteiger partial charge in [-0.25, -0.2) is 0 Å². The lowest BCUT2D eigenvalue weighted by Crippen LogP contribution is -2.18. The maximum Gasteiger partial charge on any atom is 0.316 e. The Hall–Kier alpha value is -0.0500. The molecule has 0 aliphatic carbocycles. The second-order valence-electron chi connectivity index (χ2n) is 5.62. The number of hydrogen-bond acceptors (Lipinski definition) is 2. The lowest BCUT2D eigenvalue weighted by Gasteiger charge is -2.15. The normalized spacial score (nSPS) is 12.3. The van der Waals surface area contributed by atoms with Crippen molar-refractivity contribution in [2.45, 2.75) is 97.0 Å². The van der Waals surface area contributed by atoms with Crippen LogP contribution >= 0.6 is 15.9 Å². The van der Waals surface area contributed by atoms with E-state index in [9.17, 15) is 4.79 Å². The molecule has 0 spiro atoms. The van der Waals surface area contributed by atoms with Crippen molar-refractivity contribution < 1.29 is 9.53 Å². The predicted molar refractivity (Wildman–Crippen MR) is 90.4 cm³/mol. The molecule has 0 aliphatic rings. The Bertz CT molecular complexity index is 219.